The van der Waals surface area contributed by atoms with E-state index in [2.05, 4.69) is 11.4 Å². The Morgan fingerprint density at radius 2 is 1.89 bits per heavy atom. The van der Waals surface area contributed by atoms with E-state index in [9.17, 15) is 9.59 Å². The molecule has 0 fully saturated rings. The maximum atomic E-state index is 12.9. The topological polar surface area (TPSA) is 83.1 Å². The van der Waals surface area contributed by atoms with Gasteiger partial charge in [-0.25, -0.2) is 9.48 Å². The number of para-hydroxylation sites is 1. The van der Waals surface area contributed by atoms with Gasteiger partial charge in [0.25, 0.3) is 5.56 Å². The molecule has 0 saturated carbocycles. The summed E-state index contributed by atoms with van der Waals surface area (Å²) in [5.74, 6) is 0. The lowest BCUT2D eigenvalue weighted by Crippen LogP contribution is -2.33. The number of carbonyl (C=O) groups is 1. The molecule has 0 atom stereocenters. The van der Waals surface area contributed by atoms with Crippen LogP contribution >= 0.6 is 0 Å². The molecule has 0 saturated heterocycles. The largest absolute Gasteiger partial charge is 0.323 e. The van der Waals surface area contributed by atoms with Crippen LogP contribution in [0.25, 0.3) is 5.69 Å². The van der Waals surface area contributed by atoms with Crippen LogP contribution in [0, 0.1) is 18.3 Å². The fourth-order valence-electron chi connectivity index (χ4n) is 3.00. The molecule has 1 aromatic heterocycles. The summed E-state index contributed by atoms with van der Waals surface area (Å²) in [5, 5.41) is 11.7. The summed E-state index contributed by atoms with van der Waals surface area (Å²) in [6.07, 6.45) is 0. The molecule has 3 aromatic rings. The van der Waals surface area contributed by atoms with Crippen molar-refractivity contribution in [3.63, 3.8) is 0 Å². The number of nitriles is 1. The normalized spacial score (nSPS) is 10.4. The van der Waals surface area contributed by atoms with E-state index in [1.165, 1.54) is 9.58 Å². The zero-order chi connectivity index (χ0) is 20.3. The minimum atomic E-state index is -0.395. The second-order valence-electron chi connectivity index (χ2n) is 6.53. The number of benzene rings is 2. The quantitative estimate of drug-likeness (QED) is 0.761. The van der Waals surface area contributed by atoms with Gasteiger partial charge in [0.2, 0.25) is 0 Å². The Morgan fingerprint density at radius 3 is 2.57 bits per heavy atom. The molecule has 2 aromatic carbocycles. The molecule has 0 spiro atoms. The van der Waals surface area contributed by atoms with Crippen molar-refractivity contribution in [1.29, 1.82) is 5.26 Å². The minimum Gasteiger partial charge on any atom is -0.323 e. The summed E-state index contributed by atoms with van der Waals surface area (Å²) >= 11 is 0. The van der Waals surface area contributed by atoms with Gasteiger partial charge in [0.1, 0.15) is 5.69 Å². The number of rotatable bonds is 4. The van der Waals surface area contributed by atoms with E-state index >= 15 is 0 Å². The predicted molar refractivity (Wildman–Crippen MR) is 107 cm³/mol. The molecular weight excluding hydrogens is 354 g/mol. The number of carbonyl (C=O) groups excluding carboxylic acids is 1. The first-order valence-electron chi connectivity index (χ1n) is 8.77. The number of anilines is 1. The molecule has 0 unspecified atom stereocenters. The highest BCUT2D eigenvalue weighted by molar-refractivity contribution is 5.89. The summed E-state index contributed by atoms with van der Waals surface area (Å²) in [7, 11) is 3.42. The van der Waals surface area contributed by atoms with Gasteiger partial charge in [-0.05, 0) is 36.8 Å². The Labute approximate surface area is 163 Å². The first-order valence-corrected chi connectivity index (χ1v) is 8.77. The van der Waals surface area contributed by atoms with E-state index in [1.54, 1.807) is 43.9 Å². The van der Waals surface area contributed by atoms with E-state index in [1.807, 2.05) is 36.4 Å². The molecule has 0 aliphatic rings. The second-order valence-corrected chi connectivity index (χ2v) is 6.53. The van der Waals surface area contributed by atoms with Gasteiger partial charge < -0.3 is 10.2 Å². The van der Waals surface area contributed by atoms with Crippen molar-refractivity contribution in [3.05, 3.63) is 81.8 Å². The average Bonchev–Trinajstić information content (AvgIpc) is 2.92. The van der Waals surface area contributed by atoms with Crippen molar-refractivity contribution >= 4 is 11.7 Å². The summed E-state index contributed by atoms with van der Waals surface area (Å²) in [6, 6.07) is 18.0. The first kappa shape index (κ1) is 19.0. The molecule has 3 rings (SSSR count). The molecule has 0 aliphatic carbocycles. The third-order valence-electron chi connectivity index (χ3n) is 4.61. The highest BCUT2D eigenvalue weighted by atomic mass is 16.2. The Balaban J connectivity index is 1.82. The summed E-state index contributed by atoms with van der Waals surface area (Å²) in [4.78, 5) is 27.0. The third-order valence-corrected chi connectivity index (χ3v) is 4.61. The third kappa shape index (κ3) is 3.67. The average molecular weight is 375 g/mol. The maximum absolute atomic E-state index is 12.9. The second kappa shape index (κ2) is 7.84. The fraction of sp³-hybridized carbons (Fsp3) is 0.190. The van der Waals surface area contributed by atoms with E-state index in [4.69, 9.17) is 5.26 Å². The van der Waals surface area contributed by atoms with Crippen LogP contribution < -0.4 is 10.9 Å². The number of nitrogens with one attached hydrogen (secondary N) is 1. The van der Waals surface area contributed by atoms with E-state index in [0.29, 0.717) is 17.8 Å². The van der Waals surface area contributed by atoms with Crippen LogP contribution in [0.4, 0.5) is 10.5 Å². The van der Waals surface area contributed by atoms with Crippen molar-refractivity contribution in [2.45, 2.75) is 13.5 Å². The van der Waals surface area contributed by atoms with Crippen molar-refractivity contribution in [1.82, 2.24) is 14.3 Å². The molecule has 1 N–H and O–H groups in total. The molecule has 142 valence electrons. The monoisotopic (exact) mass is 375 g/mol. The minimum absolute atomic E-state index is 0.244. The lowest BCUT2D eigenvalue weighted by atomic mass is 10.1. The number of urea groups is 1. The van der Waals surface area contributed by atoms with Crippen molar-refractivity contribution < 1.29 is 4.79 Å². The lowest BCUT2D eigenvalue weighted by molar-refractivity contribution is 0.220. The first-order chi connectivity index (χ1) is 13.4. The van der Waals surface area contributed by atoms with Crippen molar-refractivity contribution in [3.8, 4) is 11.8 Å². The number of hydrogen-bond donors (Lipinski definition) is 1. The molecule has 0 bridgehead atoms. The number of hydrogen-bond acceptors (Lipinski definition) is 3. The molecule has 7 heteroatoms. The van der Waals surface area contributed by atoms with Gasteiger partial charge in [0, 0.05) is 20.6 Å². The molecule has 0 radical (unpaired) electrons. The van der Waals surface area contributed by atoms with Crippen LogP contribution in [-0.2, 0) is 13.6 Å². The highest BCUT2D eigenvalue weighted by Crippen LogP contribution is 2.15. The SMILES string of the molecule is Cc1c(NC(=O)N(C)Cc2cccc(C#N)c2)c(=O)n(-c2ccccc2)n1C. The van der Waals surface area contributed by atoms with Gasteiger partial charge in [0.05, 0.1) is 23.0 Å². The molecule has 2 amide bonds. The van der Waals surface area contributed by atoms with Gasteiger partial charge in [0.15, 0.2) is 0 Å². The highest BCUT2D eigenvalue weighted by Gasteiger charge is 2.19. The van der Waals surface area contributed by atoms with E-state index in [0.717, 1.165) is 11.3 Å². The Bertz CT molecular complexity index is 1110. The van der Waals surface area contributed by atoms with E-state index < -0.39 is 6.03 Å². The van der Waals surface area contributed by atoms with Crippen LogP contribution in [0.15, 0.2) is 59.4 Å². The Kier molecular flexibility index (Phi) is 5.32. The number of aromatic nitrogens is 2. The smallest absolute Gasteiger partial charge is 0.322 e. The zero-order valence-electron chi connectivity index (χ0n) is 16.0. The Morgan fingerprint density at radius 1 is 1.18 bits per heavy atom. The van der Waals surface area contributed by atoms with Gasteiger partial charge >= 0.3 is 6.03 Å². The molecule has 0 aliphatic heterocycles. The standard InChI is InChI=1S/C21H21N5O2/c1-15-19(20(27)26(25(15)3)18-10-5-4-6-11-18)23-21(28)24(2)14-17-9-7-8-16(12-17)13-22/h4-12H,14H2,1-3H3,(H,23,28). The molecule has 1 heterocycles. The van der Waals surface area contributed by atoms with Gasteiger partial charge in [-0.15, -0.1) is 0 Å². The Hall–Kier alpha value is -3.79. The summed E-state index contributed by atoms with van der Waals surface area (Å²) < 4.78 is 3.23. The van der Waals surface area contributed by atoms with Crippen molar-refractivity contribution in [2.75, 3.05) is 12.4 Å². The fourth-order valence-corrected chi connectivity index (χ4v) is 3.00. The van der Waals surface area contributed by atoms with Crippen LogP contribution in [0.3, 0.4) is 0 Å². The van der Waals surface area contributed by atoms with Gasteiger partial charge in [-0.1, -0.05) is 30.3 Å². The number of nitrogens with zero attached hydrogens (tertiary/aromatic N) is 4. The van der Waals surface area contributed by atoms with Gasteiger partial charge in [-0.2, -0.15) is 5.26 Å². The van der Waals surface area contributed by atoms with Crippen molar-refractivity contribution in [2.24, 2.45) is 7.05 Å². The summed E-state index contributed by atoms with van der Waals surface area (Å²) in [6.45, 7) is 2.10. The van der Waals surface area contributed by atoms with E-state index in [-0.39, 0.29) is 11.2 Å². The van der Waals surface area contributed by atoms with Gasteiger partial charge in [-0.3, -0.25) is 9.48 Å². The van der Waals surface area contributed by atoms with Crippen LogP contribution in [-0.4, -0.2) is 27.3 Å². The maximum Gasteiger partial charge on any atom is 0.322 e. The predicted octanol–water partition coefficient (Wildman–Crippen LogP) is 3.02. The van der Waals surface area contributed by atoms with Crippen LogP contribution in [0.2, 0.25) is 0 Å². The molecule has 28 heavy (non-hydrogen) atoms. The molecular formula is C21H21N5O2. The summed E-state index contributed by atoms with van der Waals surface area (Å²) in [5.41, 5.74) is 2.70. The lowest BCUT2D eigenvalue weighted by Gasteiger charge is -2.17. The zero-order valence-corrected chi connectivity index (χ0v) is 16.0. The van der Waals surface area contributed by atoms with Crippen LogP contribution in [0.1, 0.15) is 16.8 Å². The number of amides is 2. The molecule has 7 nitrogen and oxygen atoms in total. The van der Waals surface area contributed by atoms with Crippen LogP contribution in [0.5, 0.6) is 0 Å².